The van der Waals surface area contributed by atoms with E-state index < -0.39 is 0 Å². The van der Waals surface area contributed by atoms with Crippen LogP contribution in [0.3, 0.4) is 0 Å². The van der Waals surface area contributed by atoms with Crippen molar-refractivity contribution in [1.29, 1.82) is 0 Å². The van der Waals surface area contributed by atoms with Gasteiger partial charge in [-0.05, 0) is 43.7 Å². The van der Waals surface area contributed by atoms with Crippen molar-refractivity contribution in [3.63, 3.8) is 0 Å². The summed E-state index contributed by atoms with van der Waals surface area (Å²) >= 11 is 0. The summed E-state index contributed by atoms with van der Waals surface area (Å²) < 4.78 is 13.3. The smallest absolute Gasteiger partial charge is 0.225 e. The molecule has 3 heterocycles. The number of amides is 1. The van der Waals surface area contributed by atoms with Gasteiger partial charge in [0.25, 0.3) is 0 Å². The molecule has 4 rings (SSSR count). The number of aryl methyl sites for hydroxylation is 2. The molecule has 0 saturated carbocycles. The van der Waals surface area contributed by atoms with Gasteiger partial charge in [-0.15, -0.1) is 0 Å². The first-order chi connectivity index (χ1) is 14.5. The quantitative estimate of drug-likeness (QED) is 0.679. The molecule has 0 spiro atoms. The van der Waals surface area contributed by atoms with Gasteiger partial charge in [-0.25, -0.2) is 4.98 Å². The maximum Gasteiger partial charge on any atom is 0.225 e. The average molecular weight is 406 g/mol. The molecule has 30 heavy (non-hydrogen) atoms. The second-order valence-electron chi connectivity index (χ2n) is 7.39. The summed E-state index contributed by atoms with van der Waals surface area (Å²) in [6.45, 7) is 4.97. The van der Waals surface area contributed by atoms with Crippen LogP contribution in [-0.4, -0.2) is 33.9 Å². The first kappa shape index (κ1) is 19.9. The number of fused-ring (bicyclic) bond motifs is 1. The molecule has 7 nitrogen and oxygen atoms in total. The van der Waals surface area contributed by atoms with Crippen LogP contribution in [0.4, 0.5) is 0 Å². The molecule has 0 saturated heterocycles. The van der Waals surface area contributed by atoms with Crippen LogP contribution >= 0.6 is 0 Å². The van der Waals surface area contributed by atoms with E-state index in [1.807, 2.05) is 51.4 Å². The third kappa shape index (κ3) is 4.15. The number of benzene rings is 1. The van der Waals surface area contributed by atoms with Gasteiger partial charge in [-0.2, -0.15) is 5.10 Å². The summed E-state index contributed by atoms with van der Waals surface area (Å²) in [7, 11) is 1.86. The average Bonchev–Trinajstić information content (AvgIpc) is 3.05. The number of nitrogens with one attached hydrogen (secondary N) is 1. The lowest BCUT2D eigenvalue weighted by molar-refractivity contribution is -0.121. The van der Waals surface area contributed by atoms with Gasteiger partial charge in [0.2, 0.25) is 11.8 Å². The molecular formula is C23H26N4O3. The van der Waals surface area contributed by atoms with E-state index in [1.54, 1.807) is 10.9 Å². The van der Waals surface area contributed by atoms with E-state index >= 15 is 0 Å². The first-order valence-corrected chi connectivity index (χ1v) is 10.2. The van der Waals surface area contributed by atoms with Crippen LogP contribution in [-0.2, 0) is 18.3 Å². The highest BCUT2D eigenvalue weighted by molar-refractivity contribution is 5.79. The molecule has 1 atom stereocenters. The molecule has 0 aliphatic carbocycles. The number of carbonyl (C=O) groups excluding carboxylic acids is 1. The Balaban J connectivity index is 1.58. The van der Waals surface area contributed by atoms with Gasteiger partial charge >= 0.3 is 0 Å². The minimum atomic E-state index is -0.106. The molecule has 0 fully saturated rings. The topological polar surface area (TPSA) is 78.3 Å². The fourth-order valence-electron chi connectivity index (χ4n) is 3.81. The summed E-state index contributed by atoms with van der Waals surface area (Å²) in [5.74, 6) is 1.38. The zero-order valence-electron chi connectivity index (χ0n) is 17.5. The fourth-order valence-corrected chi connectivity index (χ4v) is 3.81. The van der Waals surface area contributed by atoms with E-state index in [9.17, 15) is 4.79 Å². The van der Waals surface area contributed by atoms with E-state index in [0.29, 0.717) is 25.5 Å². The molecule has 156 valence electrons. The van der Waals surface area contributed by atoms with Gasteiger partial charge in [0.15, 0.2) is 0 Å². The number of pyridine rings is 1. The van der Waals surface area contributed by atoms with Crippen LogP contribution in [0.25, 0.3) is 11.1 Å². The molecule has 1 unspecified atom stereocenters. The summed E-state index contributed by atoms with van der Waals surface area (Å²) in [5, 5.41) is 7.49. The second kappa shape index (κ2) is 8.57. The lowest BCUT2D eigenvalue weighted by atomic mass is 9.95. The molecule has 3 aromatic rings. The Morgan fingerprint density at radius 1 is 1.37 bits per heavy atom. The maximum atomic E-state index is 12.7. The summed E-state index contributed by atoms with van der Waals surface area (Å²) in [6.07, 6.45) is 4.64. The SMILES string of the molecule is CCOc1ncccc1-c1ccc2c(c1)C(NC(=O)Cc1cn(C)nc1C)CCO2. The second-order valence-corrected chi connectivity index (χ2v) is 7.39. The van der Waals surface area contributed by atoms with Crippen LogP contribution in [0.15, 0.2) is 42.7 Å². The zero-order chi connectivity index (χ0) is 21.1. The molecule has 0 radical (unpaired) electrons. The van der Waals surface area contributed by atoms with Crippen LogP contribution in [0.5, 0.6) is 11.6 Å². The number of carbonyl (C=O) groups is 1. The Labute approximate surface area is 176 Å². The molecule has 1 aliphatic heterocycles. The van der Waals surface area contributed by atoms with Crippen molar-refractivity contribution in [3.05, 3.63) is 59.5 Å². The lowest BCUT2D eigenvalue weighted by Crippen LogP contribution is -2.33. The van der Waals surface area contributed by atoms with Crippen molar-refractivity contribution in [1.82, 2.24) is 20.1 Å². The molecule has 0 bridgehead atoms. The van der Waals surface area contributed by atoms with Crippen LogP contribution < -0.4 is 14.8 Å². The highest BCUT2D eigenvalue weighted by Gasteiger charge is 2.24. The molecule has 7 heteroatoms. The van der Waals surface area contributed by atoms with Gasteiger partial charge in [0.1, 0.15) is 5.75 Å². The minimum absolute atomic E-state index is 0.0225. The van der Waals surface area contributed by atoms with Crippen molar-refractivity contribution < 1.29 is 14.3 Å². The summed E-state index contributed by atoms with van der Waals surface area (Å²) in [5.41, 5.74) is 4.69. The standard InChI is InChI=1S/C23H26N4O3/c1-4-29-23-18(6-5-10-24-23)16-7-8-21-19(12-16)20(9-11-30-21)25-22(28)13-17-14-27(3)26-15(17)2/h5-8,10,12,14,20H,4,9,11,13H2,1-3H3,(H,25,28). The minimum Gasteiger partial charge on any atom is -0.493 e. The third-order valence-electron chi connectivity index (χ3n) is 5.21. The Kier molecular flexibility index (Phi) is 5.70. The van der Waals surface area contributed by atoms with E-state index in [2.05, 4.69) is 21.5 Å². The van der Waals surface area contributed by atoms with Gasteiger partial charge in [-0.3, -0.25) is 9.48 Å². The zero-order valence-corrected chi connectivity index (χ0v) is 17.5. The fraction of sp³-hybridized carbons (Fsp3) is 0.348. The molecule has 2 aromatic heterocycles. The van der Waals surface area contributed by atoms with E-state index in [1.165, 1.54) is 0 Å². The number of rotatable bonds is 6. The third-order valence-corrected chi connectivity index (χ3v) is 5.21. The van der Waals surface area contributed by atoms with Crippen molar-refractivity contribution >= 4 is 5.91 Å². The normalized spacial score (nSPS) is 15.2. The van der Waals surface area contributed by atoms with Gasteiger partial charge < -0.3 is 14.8 Å². The van der Waals surface area contributed by atoms with Crippen molar-refractivity contribution in [2.75, 3.05) is 13.2 Å². The molecule has 1 aliphatic rings. The highest BCUT2D eigenvalue weighted by Crippen LogP contribution is 2.37. The van der Waals surface area contributed by atoms with Crippen molar-refractivity contribution in [3.8, 4) is 22.8 Å². The highest BCUT2D eigenvalue weighted by atomic mass is 16.5. The molecular weight excluding hydrogens is 380 g/mol. The first-order valence-electron chi connectivity index (χ1n) is 10.2. The summed E-state index contributed by atoms with van der Waals surface area (Å²) in [6, 6.07) is 9.79. The predicted octanol–water partition coefficient (Wildman–Crippen LogP) is 3.37. The monoisotopic (exact) mass is 406 g/mol. The Morgan fingerprint density at radius 2 is 2.23 bits per heavy atom. The predicted molar refractivity (Wildman–Crippen MR) is 113 cm³/mol. The van der Waals surface area contributed by atoms with Crippen molar-refractivity contribution in [2.24, 2.45) is 7.05 Å². The summed E-state index contributed by atoms with van der Waals surface area (Å²) in [4.78, 5) is 17.1. The van der Waals surface area contributed by atoms with E-state index in [0.717, 1.165) is 40.1 Å². The van der Waals surface area contributed by atoms with Crippen LogP contribution in [0.1, 0.15) is 36.2 Å². The van der Waals surface area contributed by atoms with Gasteiger partial charge in [0.05, 0.1) is 31.4 Å². The maximum absolute atomic E-state index is 12.7. The van der Waals surface area contributed by atoms with Crippen LogP contribution in [0.2, 0.25) is 0 Å². The number of aromatic nitrogens is 3. The van der Waals surface area contributed by atoms with E-state index in [-0.39, 0.29) is 11.9 Å². The number of nitrogens with zero attached hydrogens (tertiary/aromatic N) is 3. The number of ether oxygens (including phenoxy) is 2. The molecule has 1 aromatic carbocycles. The number of hydrogen-bond donors (Lipinski definition) is 1. The Morgan fingerprint density at radius 3 is 3.00 bits per heavy atom. The van der Waals surface area contributed by atoms with E-state index in [4.69, 9.17) is 9.47 Å². The Hall–Kier alpha value is -3.35. The molecule has 1 N–H and O–H groups in total. The van der Waals surface area contributed by atoms with Crippen molar-refractivity contribution in [2.45, 2.75) is 32.7 Å². The molecule has 1 amide bonds. The van der Waals surface area contributed by atoms with Crippen LogP contribution in [0, 0.1) is 6.92 Å². The largest absolute Gasteiger partial charge is 0.493 e. The van der Waals surface area contributed by atoms with Gasteiger partial charge in [0, 0.05) is 42.6 Å². The Bertz CT molecular complexity index is 1060. The lowest BCUT2D eigenvalue weighted by Gasteiger charge is -2.27. The number of hydrogen-bond acceptors (Lipinski definition) is 5. The van der Waals surface area contributed by atoms with Gasteiger partial charge in [-0.1, -0.05) is 6.07 Å².